The predicted molar refractivity (Wildman–Crippen MR) is 74.4 cm³/mol. The summed E-state index contributed by atoms with van der Waals surface area (Å²) < 4.78 is 0. The molecule has 1 aliphatic rings. The van der Waals surface area contributed by atoms with E-state index in [1.165, 1.54) is 11.1 Å². The van der Waals surface area contributed by atoms with Gasteiger partial charge >= 0.3 is 0 Å². The van der Waals surface area contributed by atoms with Crippen LogP contribution < -0.4 is 5.73 Å². The van der Waals surface area contributed by atoms with Crippen LogP contribution in [-0.4, -0.2) is 36.2 Å². The lowest BCUT2D eigenvalue weighted by Crippen LogP contribution is -2.42. The molecule has 0 aliphatic carbocycles. The number of aliphatic hydroxyl groups is 1. The van der Waals surface area contributed by atoms with E-state index in [1.807, 2.05) is 0 Å². The maximum absolute atomic E-state index is 9.31. The van der Waals surface area contributed by atoms with Crippen LogP contribution in [0.15, 0.2) is 24.3 Å². The van der Waals surface area contributed by atoms with E-state index in [1.54, 1.807) is 0 Å². The van der Waals surface area contributed by atoms with Gasteiger partial charge in [-0.2, -0.15) is 0 Å². The number of hydrogen-bond acceptors (Lipinski definition) is 3. The molecule has 100 valence electrons. The van der Waals surface area contributed by atoms with Crippen LogP contribution in [0.4, 0.5) is 0 Å². The summed E-state index contributed by atoms with van der Waals surface area (Å²) in [6, 6.07) is 8.93. The third-order valence-corrected chi connectivity index (χ3v) is 3.93. The van der Waals surface area contributed by atoms with Gasteiger partial charge in [0.2, 0.25) is 0 Å². The molecule has 3 N–H and O–H groups in total. The van der Waals surface area contributed by atoms with Gasteiger partial charge in [0.05, 0.1) is 0 Å². The zero-order valence-electron chi connectivity index (χ0n) is 11.2. The quantitative estimate of drug-likeness (QED) is 0.852. The van der Waals surface area contributed by atoms with E-state index >= 15 is 0 Å². The first-order chi connectivity index (χ1) is 8.74. The SMILES string of the molecule is Cc1ccc(C(CN)N2CCCC(CO)C2)cc1. The number of piperidine rings is 1. The second kappa shape index (κ2) is 6.32. The highest BCUT2D eigenvalue weighted by molar-refractivity contribution is 5.24. The van der Waals surface area contributed by atoms with Crippen molar-refractivity contribution in [3.63, 3.8) is 0 Å². The Balaban J connectivity index is 2.10. The lowest BCUT2D eigenvalue weighted by Gasteiger charge is -2.37. The maximum atomic E-state index is 9.31. The van der Waals surface area contributed by atoms with Crippen LogP contribution >= 0.6 is 0 Å². The molecule has 0 amide bonds. The zero-order chi connectivity index (χ0) is 13.0. The summed E-state index contributed by atoms with van der Waals surface area (Å²) >= 11 is 0. The highest BCUT2D eigenvalue weighted by Crippen LogP contribution is 2.26. The Morgan fingerprint density at radius 3 is 2.72 bits per heavy atom. The van der Waals surface area contributed by atoms with E-state index in [0.29, 0.717) is 25.1 Å². The van der Waals surface area contributed by atoms with Crippen LogP contribution in [0.3, 0.4) is 0 Å². The standard InChI is InChI=1S/C15H24N2O/c1-12-4-6-14(7-5-12)15(9-16)17-8-2-3-13(10-17)11-18/h4-7,13,15,18H,2-3,8-11,16H2,1H3. The summed E-state index contributed by atoms with van der Waals surface area (Å²) in [4.78, 5) is 2.43. The molecule has 2 unspecified atom stereocenters. The lowest BCUT2D eigenvalue weighted by molar-refractivity contribution is 0.0901. The number of aliphatic hydroxyl groups excluding tert-OH is 1. The minimum Gasteiger partial charge on any atom is -0.396 e. The van der Waals surface area contributed by atoms with Crippen molar-refractivity contribution >= 4 is 0 Å². The van der Waals surface area contributed by atoms with E-state index in [0.717, 1.165) is 25.9 Å². The lowest BCUT2D eigenvalue weighted by atomic mass is 9.95. The molecule has 0 radical (unpaired) electrons. The predicted octanol–water partition coefficient (Wildman–Crippen LogP) is 1.70. The molecule has 2 atom stereocenters. The minimum atomic E-state index is 0.292. The van der Waals surface area contributed by atoms with Gasteiger partial charge in [-0.25, -0.2) is 0 Å². The van der Waals surface area contributed by atoms with Crippen molar-refractivity contribution in [2.75, 3.05) is 26.2 Å². The summed E-state index contributed by atoms with van der Waals surface area (Å²) in [5, 5.41) is 9.31. The monoisotopic (exact) mass is 248 g/mol. The Labute approximate surface area is 110 Å². The summed E-state index contributed by atoms with van der Waals surface area (Å²) in [6.07, 6.45) is 2.30. The summed E-state index contributed by atoms with van der Waals surface area (Å²) in [7, 11) is 0. The second-order valence-electron chi connectivity index (χ2n) is 5.35. The van der Waals surface area contributed by atoms with Gasteiger partial charge in [0, 0.05) is 25.7 Å². The summed E-state index contributed by atoms with van der Waals surface area (Å²) in [5.74, 6) is 0.415. The fourth-order valence-corrected chi connectivity index (χ4v) is 2.81. The molecular formula is C15H24N2O. The number of nitrogens with two attached hydrogens (primary N) is 1. The van der Waals surface area contributed by atoms with Gasteiger partial charge in [0.1, 0.15) is 0 Å². The average molecular weight is 248 g/mol. The molecule has 0 saturated carbocycles. The zero-order valence-corrected chi connectivity index (χ0v) is 11.2. The molecule has 1 aromatic rings. The highest BCUT2D eigenvalue weighted by atomic mass is 16.3. The van der Waals surface area contributed by atoms with Gasteiger partial charge in [0.25, 0.3) is 0 Å². The van der Waals surface area contributed by atoms with Gasteiger partial charge in [-0.3, -0.25) is 4.90 Å². The Morgan fingerprint density at radius 1 is 1.39 bits per heavy atom. The molecule has 0 spiro atoms. The minimum absolute atomic E-state index is 0.292. The largest absolute Gasteiger partial charge is 0.396 e. The van der Waals surface area contributed by atoms with Crippen LogP contribution in [0.1, 0.15) is 30.0 Å². The van der Waals surface area contributed by atoms with Gasteiger partial charge < -0.3 is 10.8 Å². The van der Waals surface area contributed by atoms with Crippen LogP contribution in [0.5, 0.6) is 0 Å². The van der Waals surface area contributed by atoms with Crippen molar-refractivity contribution < 1.29 is 5.11 Å². The molecule has 1 heterocycles. The number of aryl methyl sites for hydroxylation is 1. The molecule has 18 heavy (non-hydrogen) atoms. The Morgan fingerprint density at radius 2 is 2.11 bits per heavy atom. The Bertz CT molecular complexity index is 363. The number of rotatable bonds is 4. The molecule has 3 heteroatoms. The first-order valence-corrected chi connectivity index (χ1v) is 6.86. The summed E-state index contributed by atoms with van der Waals surface area (Å²) in [6.45, 7) is 5.09. The molecular weight excluding hydrogens is 224 g/mol. The van der Waals surface area contributed by atoms with Crippen molar-refractivity contribution in [3.05, 3.63) is 35.4 Å². The molecule has 0 bridgehead atoms. The van der Waals surface area contributed by atoms with E-state index in [2.05, 4.69) is 36.1 Å². The average Bonchev–Trinajstić information content (AvgIpc) is 2.42. The molecule has 1 saturated heterocycles. The molecule has 1 fully saturated rings. The number of likely N-dealkylation sites (tertiary alicyclic amines) is 1. The Hall–Kier alpha value is -0.900. The fraction of sp³-hybridized carbons (Fsp3) is 0.600. The first kappa shape index (κ1) is 13.5. The molecule has 3 nitrogen and oxygen atoms in total. The second-order valence-corrected chi connectivity index (χ2v) is 5.35. The van der Waals surface area contributed by atoms with Crippen molar-refractivity contribution in [3.8, 4) is 0 Å². The van der Waals surface area contributed by atoms with Crippen molar-refractivity contribution in [1.82, 2.24) is 4.90 Å². The third-order valence-electron chi connectivity index (χ3n) is 3.93. The van der Waals surface area contributed by atoms with Crippen LogP contribution in [0, 0.1) is 12.8 Å². The number of hydrogen-bond donors (Lipinski definition) is 2. The van der Waals surface area contributed by atoms with Crippen LogP contribution in [-0.2, 0) is 0 Å². The topological polar surface area (TPSA) is 49.5 Å². The first-order valence-electron chi connectivity index (χ1n) is 6.86. The molecule has 1 aliphatic heterocycles. The fourth-order valence-electron chi connectivity index (χ4n) is 2.81. The van der Waals surface area contributed by atoms with E-state index in [9.17, 15) is 5.11 Å². The molecule has 0 aromatic heterocycles. The van der Waals surface area contributed by atoms with E-state index in [4.69, 9.17) is 5.73 Å². The van der Waals surface area contributed by atoms with Gasteiger partial charge in [0.15, 0.2) is 0 Å². The molecule has 1 aromatic carbocycles. The van der Waals surface area contributed by atoms with Crippen molar-refractivity contribution in [1.29, 1.82) is 0 Å². The smallest absolute Gasteiger partial charge is 0.0471 e. The van der Waals surface area contributed by atoms with E-state index < -0.39 is 0 Å². The van der Waals surface area contributed by atoms with Gasteiger partial charge in [-0.05, 0) is 37.8 Å². The van der Waals surface area contributed by atoms with Crippen LogP contribution in [0.2, 0.25) is 0 Å². The highest BCUT2D eigenvalue weighted by Gasteiger charge is 2.25. The third kappa shape index (κ3) is 3.10. The number of benzene rings is 1. The summed E-state index contributed by atoms with van der Waals surface area (Å²) in [5.41, 5.74) is 8.53. The van der Waals surface area contributed by atoms with Gasteiger partial charge in [-0.1, -0.05) is 29.8 Å². The van der Waals surface area contributed by atoms with E-state index in [-0.39, 0.29) is 0 Å². The number of nitrogens with zero attached hydrogens (tertiary/aromatic N) is 1. The van der Waals surface area contributed by atoms with Crippen molar-refractivity contribution in [2.24, 2.45) is 11.7 Å². The van der Waals surface area contributed by atoms with Crippen molar-refractivity contribution in [2.45, 2.75) is 25.8 Å². The Kier molecular flexibility index (Phi) is 4.75. The normalized spacial score (nSPS) is 22.9. The van der Waals surface area contributed by atoms with Crippen LogP contribution in [0.25, 0.3) is 0 Å². The molecule has 2 rings (SSSR count). The van der Waals surface area contributed by atoms with Gasteiger partial charge in [-0.15, -0.1) is 0 Å². The maximum Gasteiger partial charge on any atom is 0.0471 e.